The lowest BCUT2D eigenvalue weighted by Gasteiger charge is -2.34. The molecule has 9 heteroatoms. The number of fused-ring (bicyclic) bond motifs is 1. The first-order valence-electron chi connectivity index (χ1n) is 8.16. The third kappa shape index (κ3) is 3.63. The molecule has 0 spiro atoms. The number of nitrogens with one attached hydrogen (secondary N) is 1. The van der Waals surface area contributed by atoms with Gasteiger partial charge in [-0.25, -0.2) is 4.79 Å². The maximum Gasteiger partial charge on any atom is 0.322 e. The zero-order valence-corrected chi connectivity index (χ0v) is 14.8. The van der Waals surface area contributed by atoms with Crippen LogP contribution in [0.25, 0.3) is 0 Å². The average Bonchev–Trinajstić information content (AvgIpc) is 2.67. The van der Waals surface area contributed by atoms with Crippen LogP contribution in [-0.4, -0.2) is 41.7 Å². The molecule has 1 unspecified atom stereocenters. The van der Waals surface area contributed by atoms with E-state index in [0.717, 1.165) is 0 Å². The van der Waals surface area contributed by atoms with Crippen LogP contribution in [0, 0.1) is 10.1 Å². The Labute approximate surface area is 155 Å². The number of nitro groups is 1. The van der Waals surface area contributed by atoms with Gasteiger partial charge in [-0.2, -0.15) is 0 Å². The molecule has 1 atom stereocenters. The number of nitrogens with zero attached hydrogens (tertiary/aromatic N) is 2. The van der Waals surface area contributed by atoms with E-state index in [1.807, 2.05) is 0 Å². The number of aliphatic hydroxyl groups is 1. The van der Waals surface area contributed by atoms with Crippen molar-refractivity contribution in [3.05, 3.63) is 57.6 Å². The predicted octanol–water partition coefficient (Wildman–Crippen LogP) is 2.69. The summed E-state index contributed by atoms with van der Waals surface area (Å²) in [6.45, 7) is 0.255. The molecule has 0 saturated heterocycles. The Morgan fingerprint density at radius 2 is 1.96 bits per heavy atom. The number of non-ortho nitro benzene ring substituents is 1. The maximum absolute atomic E-state index is 12.6. The number of carbonyl (C=O) groups is 1. The molecule has 142 valence electrons. The number of carbonyl (C=O) groups excluding carboxylic acids is 1. The summed E-state index contributed by atoms with van der Waals surface area (Å²) in [5, 5.41) is 24.0. The molecular weight excluding hydrogens is 354 g/mol. The van der Waals surface area contributed by atoms with Gasteiger partial charge in [0.25, 0.3) is 5.69 Å². The zero-order chi connectivity index (χ0) is 19.6. The van der Waals surface area contributed by atoms with Crippen molar-refractivity contribution in [3.8, 4) is 11.5 Å². The monoisotopic (exact) mass is 373 g/mol. The third-order valence-corrected chi connectivity index (χ3v) is 4.38. The molecule has 0 aromatic heterocycles. The van der Waals surface area contributed by atoms with Gasteiger partial charge in [0.05, 0.1) is 32.2 Å². The molecule has 2 N–H and O–H groups in total. The molecule has 2 aromatic rings. The van der Waals surface area contributed by atoms with Gasteiger partial charge in [-0.3, -0.25) is 10.1 Å². The zero-order valence-electron chi connectivity index (χ0n) is 14.8. The number of β-amino-alcohol motifs (C(OH)–C–C–N with tert-alkyl or cyclic N) is 1. The highest BCUT2D eigenvalue weighted by molar-refractivity contribution is 5.90. The van der Waals surface area contributed by atoms with E-state index >= 15 is 0 Å². The fourth-order valence-electron chi connectivity index (χ4n) is 3.13. The molecule has 0 aliphatic carbocycles. The van der Waals surface area contributed by atoms with E-state index in [2.05, 4.69) is 5.32 Å². The number of amides is 2. The number of rotatable bonds is 4. The van der Waals surface area contributed by atoms with Crippen LogP contribution in [0.1, 0.15) is 17.2 Å². The first-order chi connectivity index (χ1) is 12.9. The highest BCUT2D eigenvalue weighted by Gasteiger charge is 2.32. The van der Waals surface area contributed by atoms with Gasteiger partial charge in [0.1, 0.15) is 17.6 Å². The van der Waals surface area contributed by atoms with Crippen molar-refractivity contribution in [1.82, 2.24) is 4.90 Å². The Morgan fingerprint density at radius 1 is 1.26 bits per heavy atom. The van der Waals surface area contributed by atoms with Gasteiger partial charge in [-0.15, -0.1) is 0 Å². The molecule has 1 aliphatic rings. The number of nitro benzene ring substituents is 1. The van der Waals surface area contributed by atoms with Gasteiger partial charge in [0.15, 0.2) is 0 Å². The maximum atomic E-state index is 12.6. The van der Waals surface area contributed by atoms with Gasteiger partial charge in [-0.05, 0) is 18.2 Å². The summed E-state index contributed by atoms with van der Waals surface area (Å²) in [6.07, 6.45) is -0.949. The molecule has 0 bridgehead atoms. The van der Waals surface area contributed by atoms with E-state index < -0.39 is 17.1 Å². The number of ether oxygens (including phenoxy) is 2. The van der Waals surface area contributed by atoms with E-state index in [4.69, 9.17) is 9.47 Å². The second kappa shape index (κ2) is 7.50. The van der Waals surface area contributed by atoms with E-state index in [9.17, 15) is 20.0 Å². The fraction of sp³-hybridized carbons (Fsp3) is 0.278. The van der Waals surface area contributed by atoms with Gasteiger partial charge in [-0.1, -0.05) is 6.07 Å². The standard InChI is InChI=1S/C18H19N3O6/c1-26-15-6-7-16(27-2)17-13(15)9-20(10-14(17)22)18(23)19-11-4-3-5-12(8-11)21(24)25/h3-8,14,22H,9-10H2,1-2H3,(H,19,23). The largest absolute Gasteiger partial charge is 0.496 e. The molecule has 3 rings (SSSR count). The lowest BCUT2D eigenvalue weighted by atomic mass is 9.95. The number of hydrogen-bond acceptors (Lipinski definition) is 6. The Bertz CT molecular complexity index is 885. The van der Waals surface area contributed by atoms with Crippen molar-refractivity contribution in [1.29, 1.82) is 0 Å². The van der Waals surface area contributed by atoms with Crippen molar-refractivity contribution in [2.24, 2.45) is 0 Å². The van der Waals surface area contributed by atoms with Gasteiger partial charge >= 0.3 is 6.03 Å². The minimum absolute atomic E-state index is 0.0529. The number of anilines is 1. The van der Waals surface area contributed by atoms with E-state index in [1.165, 1.54) is 37.3 Å². The SMILES string of the molecule is COc1ccc(OC)c2c1CN(C(=O)Nc1cccc([N+](=O)[O-])c1)CC2O. The van der Waals surface area contributed by atoms with Crippen LogP contribution in [0.5, 0.6) is 11.5 Å². The molecule has 0 saturated carbocycles. The van der Waals surface area contributed by atoms with Crippen LogP contribution in [0.4, 0.5) is 16.2 Å². The predicted molar refractivity (Wildman–Crippen MR) is 97.0 cm³/mol. The van der Waals surface area contributed by atoms with Gasteiger partial charge in [0.2, 0.25) is 0 Å². The second-order valence-corrected chi connectivity index (χ2v) is 6.00. The van der Waals surface area contributed by atoms with E-state index in [0.29, 0.717) is 28.3 Å². The highest BCUT2D eigenvalue weighted by Crippen LogP contribution is 2.39. The van der Waals surface area contributed by atoms with E-state index in [-0.39, 0.29) is 18.8 Å². The molecule has 0 radical (unpaired) electrons. The van der Waals surface area contributed by atoms with Crippen LogP contribution >= 0.6 is 0 Å². The number of hydrogen-bond donors (Lipinski definition) is 2. The summed E-state index contributed by atoms with van der Waals surface area (Å²) < 4.78 is 10.7. The highest BCUT2D eigenvalue weighted by atomic mass is 16.6. The van der Waals surface area contributed by atoms with E-state index in [1.54, 1.807) is 18.2 Å². The van der Waals surface area contributed by atoms with Crippen LogP contribution in [0.2, 0.25) is 0 Å². The minimum atomic E-state index is -0.949. The molecule has 27 heavy (non-hydrogen) atoms. The summed E-state index contributed by atoms with van der Waals surface area (Å²) >= 11 is 0. The number of aliphatic hydroxyl groups excluding tert-OH is 1. The van der Waals surface area contributed by atoms with Crippen molar-refractivity contribution in [3.63, 3.8) is 0 Å². The quantitative estimate of drug-likeness (QED) is 0.629. The van der Waals surface area contributed by atoms with Gasteiger partial charge < -0.3 is 24.8 Å². The Kier molecular flexibility index (Phi) is 5.13. The molecular formula is C18H19N3O6. The third-order valence-electron chi connectivity index (χ3n) is 4.38. The lowest BCUT2D eigenvalue weighted by molar-refractivity contribution is -0.384. The number of urea groups is 1. The Balaban J connectivity index is 1.85. The summed E-state index contributed by atoms with van der Waals surface area (Å²) in [4.78, 5) is 24.4. The molecule has 9 nitrogen and oxygen atoms in total. The summed E-state index contributed by atoms with van der Waals surface area (Å²) in [5.74, 6) is 1.06. The minimum Gasteiger partial charge on any atom is -0.496 e. The molecule has 0 fully saturated rings. The molecule has 2 aromatic carbocycles. The van der Waals surface area contributed by atoms with Crippen molar-refractivity contribution < 1.29 is 24.3 Å². The average molecular weight is 373 g/mol. The topological polar surface area (TPSA) is 114 Å². The van der Waals surface area contributed by atoms with Crippen LogP contribution in [0.15, 0.2) is 36.4 Å². The van der Waals surface area contributed by atoms with Crippen LogP contribution in [0.3, 0.4) is 0 Å². The second-order valence-electron chi connectivity index (χ2n) is 6.00. The summed E-state index contributed by atoms with van der Waals surface area (Å²) in [7, 11) is 3.02. The molecule has 1 aliphatic heterocycles. The fourth-order valence-corrected chi connectivity index (χ4v) is 3.13. The normalized spacial score (nSPS) is 15.7. The number of benzene rings is 2. The van der Waals surface area contributed by atoms with Crippen molar-refractivity contribution in [2.45, 2.75) is 12.6 Å². The van der Waals surface area contributed by atoms with Crippen molar-refractivity contribution in [2.75, 3.05) is 26.1 Å². The number of methoxy groups -OCH3 is 2. The Hall–Kier alpha value is -3.33. The first-order valence-corrected chi connectivity index (χ1v) is 8.16. The van der Waals surface area contributed by atoms with Crippen molar-refractivity contribution >= 4 is 17.4 Å². The molecule has 1 heterocycles. The smallest absolute Gasteiger partial charge is 0.322 e. The summed E-state index contributed by atoms with van der Waals surface area (Å²) in [6, 6.07) is 8.60. The Morgan fingerprint density at radius 3 is 2.63 bits per heavy atom. The van der Waals surface area contributed by atoms with Gasteiger partial charge in [0, 0.05) is 28.9 Å². The first kappa shape index (κ1) is 18.5. The van der Waals surface area contributed by atoms with Crippen LogP contribution < -0.4 is 14.8 Å². The summed E-state index contributed by atoms with van der Waals surface area (Å²) in [5.41, 5.74) is 1.43. The van der Waals surface area contributed by atoms with Crippen LogP contribution in [-0.2, 0) is 6.54 Å². The lowest BCUT2D eigenvalue weighted by Crippen LogP contribution is -2.41. The molecule has 2 amide bonds.